The molecule has 130 valence electrons. The number of amides is 1. The van der Waals surface area contributed by atoms with Gasteiger partial charge in [-0.3, -0.25) is 4.79 Å². The van der Waals surface area contributed by atoms with Gasteiger partial charge in [-0.05, 0) is 54.3 Å². The first kappa shape index (κ1) is 18.6. The van der Waals surface area contributed by atoms with Crippen molar-refractivity contribution in [1.82, 2.24) is 5.32 Å². The lowest BCUT2D eigenvalue weighted by molar-refractivity contribution is -0.118. The Hall–Kier alpha value is -2.73. The molecule has 0 atom stereocenters. The Bertz CT molecular complexity index is 734. The number of ether oxygens (including phenoxy) is 1. The van der Waals surface area contributed by atoms with Crippen LogP contribution in [0.1, 0.15) is 37.5 Å². The van der Waals surface area contributed by atoms with E-state index < -0.39 is 0 Å². The van der Waals surface area contributed by atoms with Crippen LogP contribution in [0.5, 0.6) is 5.75 Å². The van der Waals surface area contributed by atoms with Crippen LogP contribution >= 0.6 is 0 Å². The van der Waals surface area contributed by atoms with Gasteiger partial charge < -0.3 is 10.1 Å². The van der Waals surface area contributed by atoms with Gasteiger partial charge in [-0.15, -0.1) is 0 Å². The van der Waals surface area contributed by atoms with Crippen molar-refractivity contribution in [2.24, 2.45) is 5.92 Å². The second-order valence-corrected chi connectivity index (χ2v) is 6.41. The van der Waals surface area contributed by atoms with Crippen LogP contribution in [0.4, 0.5) is 0 Å². The minimum Gasteiger partial charge on any atom is -0.493 e. The Morgan fingerprint density at radius 3 is 2.08 bits per heavy atom. The van der Waals surface area contributed by atoms with Gasteiger partial charge in [-0.2, -0.15) is 0 Å². The highest BCUT2D eigenvalue weighted by Crippen LogP contribution is 2.13. The molecule has 2 aromatic carbocycles. The number of benzene rings is 2. The molecule has 0 saturated carbocycles. The second kappa shape index (κ2) is 9.54. The average molecular weight is 335 g/mol. The van der Waals surface area contributed by atoms with E-state index in [2.05, 4.69) is 43.1 Å². The third-order valence-corrected chi connectivity index (χ3v) is 3.53. The van der Waals surface area contributed by atoms with Crippen LogP contribution in [-0.4, -0.2) is 19.1 Å². The van der Waals surface area contributed by atoms with E-state index in [1.807, 2.05) is 36.4 Å². The number of carbonyl (C=O) groups excluding carboxylic acids is 1. The molecule has 3 nitrogen and oxygen atoms in total. The third kappa shape index (κ3) is 7.14. The smallest absolute Gasteiger partial charge is 0.216 e. The van der Waals surface area contributed by atoms with Gasteiger partial charge >= 0.3 is 0 Å². The third-order valence-electron chi connectivity index (χ3n) is 3.53. The van der Waals surface area contributed by atoms with Crippen LogP contribution in [0.25, 0.3) is 0 Å². The first-order chi connectivity index (χ1) is 12.0. The lowest BCUT2D eigenvalue weighted by Crippen LogP contribution is -2.22. The van der Waals surface area contributed by atoms with Crippen LogP contribution in [0.15, 0.2) is 48.5 Å². The molecule has 0 spiro atoms. The van der Waals surface area contributed by atoms with E-state index in [1.165, 1.54) is 12.5 Å². The zero-order valence-corrected chi connectivity index (χ0v) is 15.1. The molecule has 0 radical (unpaired) electrons. The maximum atomic E-state index is 10.9. The molecule has 2 aromatic rings. The fourth-order valence-corrected chi connectivity index (χ4v) is 2.18. The van der Waals surface area contributed by atoms with Crippen molar-refractivity contribution in [2.75, 3.05) is 13.2 Å². The number of nitrogens with one attached hydrogen (secondary N) is 1. The lowest BCUT2D eigenvalue weighted by atomic mass is 10.1. The van der Waals surface area contributed by atoms with Gasteiger partial charge in [0.1, 0.15) is 5.75 Å². The van der Waals surface area contributed by atoms with Crippen molar-refractivity contribution in [3.8, 4) is 17.6 Å². The molecule has 1 amide bonds. The molecule has 0 fully saturated rings. The van der Waals surface area contributed by atoms with Gasteiger partial charge in [0, 0.05) is 24.6 Å². The first-order valence-electron chi connectivity index (χ1n) is 8.61. The van der Waals surface area contributed by atoms with Gasteiger partial charge in [0.05, 0.1) is 6.61 Å². The van der Waals surface area contributed by atoms with Crippen molar-refractivity contribution in [3.63, 3.8) is 0 Å². The average Bonchev–Trinajstić information content (AvgIpc) is 2.60. The van der Waals surface area contributed by atoms with Gasteiger partial charge in [0.15, 0.2) is 0 Å². The maximum absolute atomic E-state index is 10.9. The van der Waals surface area contributed by atoms with E-state index >= 15 is 0 Å². The fraction of sp³-hybridized carbons (Fsp3) is 0.318. The van der Waals surface area contributed by atoms with Crippen LogP contribution < -0.4 is 10.1 Å². The van der Waals surface area contributed by atoms with Crippen LogP contribution in [0.3, 0.4) is 0 Å². The van der Waals surface area contributed by atoms with E-state index in [4.69, 9.17) is 4.74 Å². The summed E-state index contributed by atoms with van der Waals surface area (Å²) in [7, 11) is 0. The molecule has 0 aliphatic carbocycles. The van der Waals surface area contributed by atoms with Crippen molar-refractivity contribution < 1.29 is 9.53 Å². The summed E-state index contributed by atoms with van der Waals surface area (Å²) >= 11 is 0. The molecule has 0 bridgehead atoms. The standard InChI is InChI=1S/C22H25NO2/c1-17(2)16-25-22-12-10-20(11-13-22)5-4-19-6-8-21(9-7-19)14-15-23-18(3)24/h6-13,17H,14-16H2,1-3H3,(H,23,24). The predicted octanol–water partition coefficient (Wildman–Crippen LogP) is 3.80. The molecule has 0 unspecified atom stereocenters. The normalized spacial score (nSPS) is 10.1. The molecule has 0 saturated heterocycles. The Balaban J connectivity index is 1.90. The monoisotopic (exact) mass is 335 g/mol. The summed E-state index contributed by atoms with van der Waals surface area (Å²) < 4.78 is 5.67. The van der Waals surface area contributed by atoms with E-state index in [0.29, 0.717) is 12.5 Å². The summed E-state index contributed by atoms with van der Waals surface area (Å²) in [5.41, 5.74) is 3.13. The van der Waals surface area contributed by atoms with Crippen molar-refractivity contribution >= 4 is 5.91 Å². The molecule has 1 N–H and O–H groups in total. The Kier molecular flexibility index (Phi) is 7.10. The Morgan fingerprint density at radius 2 is 1.56 bits per heavy atom. The van der Waals surface area contributed by atoms with Gasteiger partial charge in [0.25, 0.3) is 0 Å². The fourth-order valence-electron chi connectivity index (χ4n) is 2.18. The summed E-state index contributed by atoms with van der Waals surface area (Å²) in [6.07, 6.45) is 0.825. The predicted molar refractivity (Wildman–Crippen MR) is 102 cm³/mol. The maximum Gasteiger partial charge on any atom is 0.216 e. The highest BCUT2D eigenvalue weighted by atomic mass is 16.5. The molecular formula is C22H25NO2. The minimum atomic E-state index is 0.00288. The Morgan fingerprint density at radius 1 is 1.00 bits per heavy atom. The van der Waals surface area contributed by atoms with E-state index in [-0.39, 0.29) is 5.91 Å². The molecular weight excluding hydrogens is 310 g/mol. The largest absolute Gasteiger partial charge is 0.493 e. The molecule has 25 heavy (non-hydrogen) atoms. The summed E-state index contributed by atoms with van der Waals surface area (Å²) in [6, 6.07) is 16.0. The topological polar surface area (TPSA) is 38.3 Å². The molecule has 2 rings (SSSR count). The zero-order valence-electron chi connectivity index (χ0n) is 15.1. The molecule has 0 aliphatic heterocycles. The van der Waals surface area contributed by atoms with Crippen molar-refractivity contribution in [3.05, 3.63) is 65.2 Å². The van der Waals surface area contributed by atoms with Crippen molar-refractivity contribution in [1.29, 1.82) is 0 Å². The Labute approximate surface area is 150 Å². The molecule has 0 heterocycles. The van der Waals surface area contributed by atoms with Crippen molar-refractivity contribution in [2.45, 2.75) is 27.2 Å². The molecule has 0 aliphatic rings. The summed E-state index contributed by atoms with van der Waals surface area (Å²) in [6.45, 7) is 7.17. The molecule has 3 heteroatoms. The highest BCUT2D eigenvalue weighted by Gasteiger charge is 1.97. The number of hydrogen-bond donors (Lipinski definition) is 1. The molecule has 0 aromatic heterocycles. The second-order valence-electron chi connectivity index (χ2n) is 6.41. The summed E-state index contributed by atoms with van der Waals surface area (Å²) in [5.74, 6) is 7.73. The number of hydrogen-bond acceptors (Lipinski definition) is 2. The number of carbonyl (C=O) groups is 1. The van der Waals surface area contributed by atoms with Gasteiger partial charge in [-0.25, -0.2) is 0 Å². The first-order valence-corrected chi connectivity index (χ1v) is 8.61. The minimum absolute atomic E-state index is 0.00288. The van der Waals surface area contributed by atoms with Crippen LogP contribution in [0.2, 0.25) is 0 Å². The SMILES string of the molecule is CC(=O)NCCc1ccc(C#Cc2ccc(OCC(C)C)cc2)cc1. The van der Waals surface area contributed by atoms with Crippen LogP contribution in [-0.2, 0) is 11.2 Å². The van der Waals surface area contributed by atoms with Gasteiger partial charge in [-0.1, -0.05) is 37.8 Å². The number of rotatable bonds is 6. The van der Waals surface area contributed by atoms with E-state index in [1.54, 1.807) is 0 Å². The quantitative estimate of drug-likeness (QED) is 0.816. The van der Waals surface area contributed by atoms with Gasteiger partial charge in [0.2, 0.25) is 5.91 Å². The van der Waals surface area contributed by atoms with E-state index in [0.717, 1.165) is 29.9 Å². The lowest BCUT2D eigenvalue weighted by Gasteiger charge is -2.08. The zero-order chi connectivity index (χ0) is 18.1. The summed E-state index contributed by atoms with van der Waals surface area (Å²) in [4.78, 5) is 10.9. The van der Waals surface area contributed by atoms with Crippen LogP contribution in [0, 0.1) is 17.8 Å². The highest BCUT2D eigenvalue weighted by molar-refractivity contribution is 5.72. The van der Waals surface area contributed by atoms with E-state index in [9.17, 15) is 4.79 Å². The summed E-state index contributed by atoms with van der Waals surface area (Å²) in [5, 5.41) is 2.80.